The van der Waals surface area contributed by atoms with Gasteiger partial charge < -0.3 is 15.5 Å². The number of rotatable bonds is 2. The fraction of sp³-hybridized carbons (Fsp3) is 0.125. The molecule has 0 aliphatic heterocycles. The number of ether oxygens (including phenoxy) is 1. The summed E-state index contributed by atoms with van der Waals surface area (Å²) < 4.78 is 4.51. The van der Waals surface area contributed by atoms with Gasteiger partial charge in [-0.1, -0.05) is 12.1 Å². The fourth-order valence-corrected chi connectivity index (χ4v) is 1.27. The Balaban J connectivity index is 3.20. The number of para-hydroxylation sites is 1. The van der Waals surface area contributed by atoms with Gasteiger partial charge in [0.25, 0.3) is 0 Å². The molecule has 0 unspecified atom stereocenters. The minimum Gasteiger partial charge on any atom is -0.465 e. The van der Waals surface area contributed by atoms with Crippen molar-refractivity contribution >= 4 is 34.9 Å². The van der Waals surface area contributed by atoms with E-state index in [9.17, 15) is 4.79 Å². The molecule has 1 aromatic rings. The van der Waals surface area contributed by atoms with Crippen molar-refractivity contribution in [1.29, 1.82) is 0 Å². The summed E-state index contributed by atoms with van der Waals surface area (Å²) in [5.41, 5.74) is 6.26. The average molecular weight is 213 g/mol. The number of nitrogens with two attached hydrogens (primary N) is 1. The summed E-state index contributed by atoms with van der Waals surface area (Å²) >= 11 is 5.45. The molecule has 0 heterocycles. The molecule has 0 saturated heterocycles. The first-order valence-electron chi connectivity index (χ1n) is 3.86. The number of esters is 1. The number of halogens is 1. The Kier molecular flexibility index (Phi) is 3.38. The fourth-order valence-electron chi connectivity index (χ4n) is 1.08. The number of methoxy groups -OCH3 is 1. The van der Waals surface area contributed by atoms with Crippen molar-refractivity contribution in [2.45, 2.75) is 0 Å². The second-order valence-electron chi connectivity index (χ2n) is 2.64. The summed E-state index contributed by atoms with van der Waals surface area (Å²) in [5.74, 6) is -0.554. The van der Waals surface area contributed by atoms with E-state index in [4.69, 9.17) is 22.2 Å². The molecule has 0 spiro atoms. The maximum Gasteiger partial charge on any atom is 0.433 e. The normalized spacial score (nSPS) is 9.64. The van der Waals surface area contributed by atoms with Crippen molar-refractivity contribution in [2.75, 3.05) is 12.8 Å². The van der Waals surface area contributed by atoms with Crippen molar-refractivity contribution in [1.82, 2.24) is 0 Å². The quantitative estimate of drug-likeness (QED) is 0.411. The molecule has 0 amide bonds. The highest BCUT2D eigenvalue weighted by molar-refractivity contribution is 7.10. The first kappa shape index (κ1) is 10.9. The number of anilines is 1. The molecule has 0 atom stereocenters. The molecular formula is C8H9BClNO3. The van der Waals surface area contributed by atoms with Gasteiger partial charge in [-0.3, -0.25) is 0 Å². The summed E-state index contributed by atoms with van der Waals surface area (Å²) in [6.07, 6.45) is -1.22. The molecule has 1 rings (SSSR count). The van der Waals surface area contributed by atoms with Crippen LogP contribution in [-0.4, -0.2) is 24.4 Å². The topological polar surface area (TPSA) is 72.5 Å². The summed E-state index contributed by atoms with van der Waals surface area (Å²) in [6, 6.07) is 4.62. The molecule has 0 aliphatic rings. The summed E-state index contributed by atoms with van der Waals surface area (Å²) in [4.78, 5) is 11.2. The third-order valence-electron chi connectivity index (χ3n) is 1.80. The van der Waals surface area contributed by atoms with Crippen LogP contribution in [0.3, 0.4) is 0 Å². The molecular weight excluding hydrogens is 204 g/mol. The van der Waals surface area contributed by atoms with Crippen LogP contribution in [0.4, 0.5) is 5.69 Å². The first-order valence-corrected chi connectivity index (χ1v) is 4.30. The zero-order chi connectivity index (χ0) is 10.7. The van der Waals surface area contributed by atoms with Crippen LogP contribution in [0.5, 0.6) is 0 Å². The van der Waals surface area contributed by atoms with E-state index in [1.165, 1.54) is 13.2 Å². The second kappa shape index (κ2) is 4.35. The van der Waals surface area contributed by atoms with E-state index in [0.717, 1.165) is 0 Å². The maximum atomic E-state index is 11.2. The molecule has 4 nitrogen and oxygen atoms in total. The van der Waals surface area contributed by atoms with Crippen LogP contribution in [0.15, 0.2) is 18.2 Å². The zero-order valence-electron chi connectivity index (χ0n) is 7.53. The van der Waals surface area contributed by atoms with Crippen molar-refractivity contribution in [3.8, 4) is 0 Å². The van der Waals surface area contributed by atoms with E-state index in [1.807, 2.05) is 0 Å². The largest absolute Gasteiger partial charge is 0.465 e. The van der Waals surface area contributed by atoms with Gasteiger partial charge in [0.05, 0.1) is 12.7 Å². The molecule has 0 saturated carbocycles. The Labute approximate surface area is 86.6 Å². The van der Waals surface area contributed by atoms with E-state index >= 15 is 0 Å². The Morgan fingerprint density at radius 3 is 2.79 bits per heavy atom. The van der Waals surface area contributed by atoms with E-state index < -0.39 is 12.3 Å². The van der Waals surface area contributed by atoms with Crippen LogP contribution in [-0.2, 0) is 4.74 Å². The van der Waals surface area contributed by atoms with Gasteiger partial charge in [0.2, 0.25) is 0 Å². The Morgan fingerprint density at radius 2 is 2.29 bits per heavy atom. The van der Waals surface area contributed by atoms with Crippen LogP contribution >= 0.6 is 11.5 Å². The summed E-state index contributed by atoms with van der Waals surface area (Å²) in [5, 5.41) is 9.12. The van der Waals surface area contributed by atoms with Crippen molar-refractivity contribution < 1.29 is 14.6 Å². The van der Waals surface area contributed by atoms with Crippen LogP contribution in [0, 0.1) is 0 Å². The molecule has 0 bridgehead atoms. The molecule has 0 aliphatic carbocycles. The highest BCUT2D eigenvalue weighted by Gasteiger charge is 2.19. The van der Waals surface area contributed by atoms with Crippen LogP contribution in [0.2, 0.25) is 0 Å². The number of carbonyl (C=O) groups excluding carboxylic acids is 1. The lowest BCUT2D eigenvalue weighted by molar-refractivity contribution is 0.0602. The SMILES string of the molecule is COC(=O)c1cccc(B(O)Cl)c1N. The van der Waals surface area contributed by atoms with Crippen molar-refractivity contribution in [3.63, 3.8) is 0 Å². The summed E-state index contributed by atoms with van der Waals surface area (Å²) in [7, 11) is 1.26. The van der Waals surface area contributed by atoms with Gasteiger partial charge in [0, 0.05) is 5.69 Å². The summed E-state index contributed by atoms with van der Waals surface area (Å²) in [6.45, 7) is 0. The maximum absolute atomic E-state index is 11.2. The predicted octanol–water partition coefficient (Wildman–Crippen LogP) is -0.0183. The van der Waals surface area contributed by atoms with E-state index in [0.29, 0.717) is 5.46 Å². The minimum absolute atomic E-state index is 0.141. The van der Waals surface area contributed by atoms with Gasteiger partial charge in [-0.25, -0.2) is 4.79 Å². The Hall–Kier alpha value is -1.20. The Morgan fingerprint density at radius 1 is 1.64 bits per heavy atom. The lowest BCUT2D eigenvalue weighted by atomic mass is 9.84. The number of benzene rings is 1. The highest BCUT2D eigenvalue weighted by atomic mass is 35.5. The standard InChI is InChI=1S/C8H9BClNO3/c1-14-8(12)5-3-2-4-6(7(5)11)9(10)13/h2-4,13H,11H2,1H3. The van der Waals surface area contributed by atoms with Crippen molar-refractivity contribution in [2.24, 2.45) is 0 Å². The van der Waals surface area contributed by atoms with Gasteiger partial charge in [0.1, 0.15) is 0 Å². The Bertz CT molecular complexity index is 356. The second-order valence-corrected chi connectivity index (χ2v) is 3.05. The lowest BCUT2D eigenvalue weighted by Gasteiger charge is -2.08. The molecule has 74 valence electrons. The number of hydrogen-bond acceptors (Lipinski definition) is 4. The van der Waals surface area contributed by atoms with Crippen LogP contribution in [0.1, 0.15) is 10.4 Å². The smallest absolute Gasteiger partial charge is 0.433 e. The predicted molar refractivity (Wildman–Crippen MR) is 55.7 cm³/mol. The van der Waals surface area contributed by atoms with E-state index in [2.05, 4.69) is 4.74 Å². The molecule has 6 heteroatoms. The third kappa shape index (κ3) is 2.00. The number of hydrogen-bond donors (Lipinski definition) is 2. The van der Waals surface area contributed by atoms with Crippen LogP contribution < -0.4 is 11.2 Å². The van der Waals surface area contributed by atoms with Gasteiger partial charge >= 0.3 is 12.3 Å². The molecule has 0 aromatic heterocycles. The third-order valence-corrected chi connectivity index (χ3v) is 2.04. The molecule has 3 N–H and O–H groups in total. The first-order chi connectivity index (χ1) is 6.57. The van der Waals surface area contributed by atoms with Crippen LogP contribution in [0.25, 0.3) is 0 Å². The monoisotopic (exact) mass is 213 g/mol. The average Bonchev–Trinajstić information content (AvgIpc) is 2.16. The van der Waals surface area contributed by atoms with Gasteiger partial charge in [-0.05, 0) is 11.5 Å². The van der Waals surface area contributed by atoms with Gasteiger partial charge in [0.15, 0.2) is 0 Å². The number of carbonyl (C=O) groups is 1. The van der Waals surface area contributed by atoms with E-state index in [-0.39, 0.29) is 11.3 Å². The molecule has 0 radical (unpaired) electrons. The van der Waals surface area contributed by atoms with Gasteiger partial charge in [-0.15, -0.1) is 11.5 Å². The van der Waals surface area contributed by atoms with E-state index in [1.54, 1.807) is 12.1 Å². The number of nitrogen functional groups attached to an aromatic ring is 1. The highest BCUT2D eigenvalue weighted by Crippen LogP contribution is 2.11. The molecule has 14 heavy (non-hydrogen) atoms. The molecule has 0 fully saturated rings. The zero-order valence-corrected chi connectivity index (χ0v) is 8.28. The van der Waals surface area contributed by atoms with Crippen molar-refractivity contribution in [3.05, 3.63) is 23.8 Å². The van der Waals surface area contributed by atoms with Gasteiger partial charge in [-0.2, -0.15) is 0 Å². The molecule has 1 aromatic carbocycles. The minimum atomic E-state index is -1.22. The lowest BCUT2D eigenvalue weighted by Crippen LogP contribution is -2.28.